The first kappa shape index (κ1) is 13.2. The van der Waals surface area contributed by atoms with Crippen molar-refractivity contribution in [3.8, 4) is 5.75 Å². The van der Waals surface area contributed by atoms with E-state index < -0.39 is 11.9 Å². The Hall–Kier alpha value is -2.28. The number of nitrogens with one attached hydrogen (secondary N) is 1. The second-order valence-corrected chi connectivity index (χ2v) is 3.85. The number of benzene rings is 1. The van der Waals surface area contributed by atoms with Crippen LogP contribution in [0.15, 0.2) is 24.3 Å². The van der Waals surface area contributed by atoms with Gasteiger partial charge in [-0.25, -0.2) is 9.59 Å². The van der Waals surface area contributed by atoms with Crippen LogP contribution in [0.25, 0.3) is 0 Å². The highest BCUT2D eigenvalue weighted by molar-refractivity contribution is 6.30. The van der Waals surface area contributed by atoms with Gasteiger partial charge in [0.2, 0.25) is 0 Å². The summed E-state index contributed by atoms with van der Waals surface area (Å²) in [6.45, 7) is 2.74. The molecule has 0 aromatic heterocycles. The van der Waals surface area contributed by atoms with Gasteiger partial charge >= 0.3 is 11.9 Å². The zero-order valence-electron chi connectivity index (χ0n) is 10.4. The van der Waals surface area contributed by atoms with E-state index in [2.05, 4.69) is 17.4 Å². The summed E-state index contributed by atoms with van der Waals surface area (Å²) in [5.74, 6) is -1.45. The number of anilines is 1. The minimum Gasteiger partial charge on any atom is -0.494 e. The fourth-order valence-corrected chi connectivity index (χ4v) is 1.38. The molecule has 1 aromatic rings. The van der Waals surface area contributed by atoms with Crippen molar-refractivity contribution < 1.29 is 24.0 Å². The Morgan fingerprint density at radius 2 is 1.95 bits per heavy atom. The lowest BCUT2D eigenvalue weighted by atomic mass is 10.3. The van der Waals surface area contributed by atoms with Gasteiger partial charge in [0.25, 0.3) is 0 Å². The molecule has 0 atom stereocenters. The van der Waals surface area contributed by atoms with E-state index in [1.54, 1.807) is 24.3 Å². The summed E-state index contributed by atoms with van der Waals surface area (Å²) in [6, 6.07) is 6.80. The van der Waals surface area contributed by atoms with Gasteiger partial charge in [0.05, 0.1) is 12.3 Å². The Kier molecular flexibility index (Phi) is 4.19. The van der Waals surface area contributed by atoms with Crippen molar-refractivity contribution >= 4 is 17.6 Å². The van der Waals surface area contributed by atoms with Gasteiger partial charge < -0.3 is 14.4 Å². The summed E-state index contributed by atoms with van der Waals surface area (Å²) in [6.07, 6.45) is 2.06. The Bertz CT molecular complexity index is 460. The maximum absolute atomic E-state index is 11.0. The summed E-state index contributed by atoms with van der Waals surface area (Å²) >= 11 is 0. The van der Waals surface area contributed by atoms with Gasteiger partial charge in [0.15, 0.2) is 0 Å². The summed E-state index contributed by atoms with van der Waals surface area (Å²) < 4.78 is 5.49. The third kappa shape index (κ3) is 3.35. The van der Waals surface area contributed by atoms with Crippen molar-refractivity contribution in [2.24, 2.45) is 0 Å². The number of unbranched alkanes of at least 4 members (excludes halogenated alkanes) is 1. The van der Waals surface area contributed by atoms with Crippen LogP contribution in [-0.4, -0.2) is 18.5 Å². The number of hydrogen-bond donors (Lipinski definition) is 1. The molecule has 0 spiro atoms. The zero-order valence-corrected chi connectivity index (χ0v) is 10.4. The molecule has 1 aromatic carbocycles. The van der Waals surface area contributed by atoms with Gasteiger partial charge in [0.1, 0.15) is 5.75 Å². The fourth-order valence-electron chi connectivity index (χ4n) is 1.38. The van der Waals surface area contributed by atoms with Crippen LogP contribution in [0, 0.1) is 0 Å². The Balaban J connectivity index is 1.94. The van der Waals surface area contributed by atoms with Gasteiger partial charge in [-0.15, -0.1) is 5.17 Å². The van der Waals surface area contributed by atoms with Crippen LogP contribution in [0.1, 0.15) is 19.8 Å². The molecule has 2 rings (SSSR count). The lowest BCUT2D eigenvalue weighted by Crippen LogP contribution is -2.49. The number of hydrogen-bond acceptors (Lipinski definition) is 7. The predicted molar refractivity (Wildman–Crippen MR) is 64.6 cm³/mol. The molecule has 7 nitrogen and oxygen atoms in total. The number of nitrogens with zero attached hydrogens (tertiary/aromatic N) is 1. The smallest absolute Gasteiger partial charge is 0.444 e. The molecule has 1 heterocycles. The summed E-state index contributed by atoms with van der Waals surface area (Å²) in [5.41, 5.74) is 2.69. The van der Waals surface area contributed by atoms with Gasteiger partial charge in [0, 0.05) is 0 Å². The van der Waals surface area contributed by atoms with Crippen LogP contribution in [0.3, 0.4) is 0 Å². The highest BCUT2D eigenvalue weighted by atomic mass is 16.9. The second kappa shape index (κ2) is 6.05. The molecule has 7 heteroatoms. The van der Waals surface area contributed by atoms with Gasteiger partial charge in [-0.2, -0.15) is 0 Å². The van der Waals surface area contributed by atoms with Crippen LogP contribution in [-0.2, 0) is 19.3 Å². The molecule has 0 saturated carbocycles. The van der Waals surface area contributed by atoms with E-state index in [0.29, 0.717) is 12.3 Å². The van der Waals surface area contributed by atoms with E-state index in [1.165, 1.54) is 0 Å². The van der Waals surface area contributed by atoms with Crippen molar-refractivity contribution in [3.63, 3.8) is 0 Å². The zero-order chi connectivity index (χ0) is 13.7. The quantitative estimate of drug-likeness (QED) is 0.631. The van der Waals surface area contributed by atoms with Gasteiger partial charge in [-0.1, -0.05) is 13.3 Å². The number of hydrazine groups is 1. The molecule has 0 aliphatic carbocycles. The number of ether oxygens (including phenoxy) is 1. The molecular formula is C12H14N2O5. The molecule has 1 fully saturated rings. The second-order valence-electron chi connectivity index (χ2n) is 3.85. The summed E-state index contributed by atoms with van der Waals surface area (Å²) in [4.78, 5) is 30.9. The van der Waals surface area contributed by atoms with E-state index in [9.17, 15) is 9.59 Å². The molecule has 0 unspecified atom stereocenters. The highest BCUT2D eigenvalue weighted by Crippen LogP contribution is 2.20. The number of carbonyl (C=O) groups excluding carboxylic acids is 2. The van der Waals surface area contributed by atoms with Gasteiger partial charge in [-0.3, -0.25) is 0 Å². The van der Waals surface area contributed by atoms with Crippen molar-refractivity contribution in [1.29, 1.82) is 0 Å². The monoisotopic (exact) mass is 266 g/mol. The molecule has 19 heavy (non-hydrogen) atoms. The first-order valence-corrected chi connectivity index (χ1v) is 5.92. The minimum absolute atomic E-state index is 0.503. The molecule has 102 valence electrons. The van der Waals surface area contributed by atoms with Crippen LogP contribution < -0.4 is 15.5 Å². The lowest BCUT2D eigenvalue weighted by molar-refractivity contribution is -0.192. The third-order valence-corrected chi connectivity index (χ3v) is 2.40. The number of carbonyl (C=O) groups is 2. The highest BCUT2D eigenvalue weighted by Gasteiger charge is 2.29. The average molecular weight is 266 g/mol. The Morgan fingerprint density at radius 3 is 2.58 bits per heavy atom. The molecule has 1 saturated heterocycles. The first-order valence-electron chi connectivity index (χ1n) is 5.92. The van der Waals surface area contributed by atoms with Gasteiger partial charge in [-0.05, 0) is 36.3 Å². The summed E-state index contributed by atoms with van der Waals surface area (Å²) in [7, 11) is 0. The third-order valence-electron chi connectivity index (χ3n) is 2.40. The average Bonchev–Trinajstić information content (AvgIpc) is 2.43. The van der Waals surface area contributed by atoms with E-state index >= 15 is 0 Å². The number of rotatable bonds is 5. The standard InChI is InChI=1S/C12H14N2O5/c1-2-3-8-17-10-6-4-9(5-7-10)14-13-18-11(15)12(16)19-14/h4-7,13H,2-3,8H2,1H3. The summed E-state index contributed by atoms with van der Waals surface area (Å²) in [5, 5.41) is 0.958. The van der Waals surface area contributed by atoms with Crippen molar-refractivity contribution in [1.82, 2.24) is 5.59 Å². The van der Waals surface area contributed by atoms with Crippen molar-refractivity contribution in [2.75, 3.05) is 11.8 Å². The largest absolute Gasteiger partial charge is 0.494 e. The molecule has 0 radical (unpaired) electrons. The fraction of sp³-hybridized carbons (Fsp3) is 0.333. The van der Waals surface area contributed by atoms with E-state index in [0.717, 1.165) is 23.8 Å². The van der Waals surface area contributed by atoms with E-state index in [-0.39, 0.29) is 0 Å². The van der Waals surface area contributed by atoms with E-state index in [1.807, 2.05) is 0 Å². The van der Waals surface area contributed by atoms with Crippen LogP contribution in [0.4, 0.5) is 5.69 Å². The maximum atomic E-state index is 11.0. The molecule has 1 aliphatic rings. The SMILES string of the molecule is CCCCOc1ccc(N2NOC(=O)C(=O)O2)cc1. The predicted octanol–water partition coefficient (Wildman–Crippen LogP) is 1.11. The van der Waals surface area contributed by atoms with Crippen LogP contribution >= 0.6 is 0 Å². The maximum Gasteiger partial charge on any atom is 0.444 e. The van der Waals surface area contributed by atoms with Crippen LogP contribution in [0.5, 0.6) is 5.75 Å². The Morgan fingerprint density at radius 1 is 1.21 bits per heavy atom. The molecule has 1 N–H and O–H groups in total. The molecule has 0 amide bonds. The Labute approximate surface area is 109 Å². The molecule has 1 aliphatic heterocycles. The topological polar surface area (TPSA) is 77.1 Å². The minimum atomic E-state index is -1.09. The first-order chi connectivity index (χ1) is 9.20. The molecule has 0 bridgehead atoms. The van der Waals surface area contributed by atoms with Crippen LogP contribution in [0.2, 0.25) is 0 Å². The van der Waals surface area contributed by atoms with E-state index in [4.69, 9.17) is 9.57 Å². The van der Waals surface area contributed by atoms with Crippen molar-refractivity contribution in [2.45, 2.75) is 19.8 Å². The molecular weight excluding hydrogens is 252 g/mol. The lowest BCUT2D eigenvalue weighted by Gasteiger charge is -2.25. The normalized spacial score (nSPS) is 14.9. The van der Waals surface area contributed by atoms with Crippen molar-refractivity contribution in [3.05, 3.63) is 24.3 Å².